The van der Waals surface area contributed by atoms with Crippen LogP contribution in [0.2, 0.25) is 0 Å². The van der Waals surface area contributed by atoms with E-state index in [1.807, 2.05) is 11.8 Å². The van der Waals surface area contributed by atoms with Gasteiger partial charge in [0.25, 0.3) is 0 Å². The second-order valence-electron chi connectivity index (χ2n) is 2.75. The van der Waals surface area contributed by atoms with Gasteiger partial charge in [-0.05, 0) is 17.9 Å². The molecule has 0 saturated heterocycles. The van der Waals surface area contributed by atoms with Crippen LogP contribution in [0.3, 0.4) is 0 Å². The molecule has 0 N–H and O–H groups in total. The van der Waals surface area contributed by atoms with Crippen molar-refractivity contribution in [1.82, 2.24) is 0 Å². The third kappa shape index (κ3) is 10.7. The fraction of sp³-hybridized carbons (Fsp3) is 1.00. The molecule has 0 aromatic rings. The van der Waals surface area contributed by atoms with Crippen LogP contribution in [0.5, 0.6) is 0 Å². The lowest BCUT2D eigenvalue weighted by atomic mass is 10.2. The first-order chi connectivity index (χ1) is 5.41. The topological polar surface area (TPSA) is 0 Å². The van der Waals surface area contributed by atoms with Crippen LogP contribution < -0.4 is 0 Å². The van der Waals surface area contributed by atoms with E-state index in [1.165, 1.54) is 43.6 Å². The molecule has 0 nitrogen and oxygen atoms in total. The lowest BCUT2D eigenvalue weighted by molar-refractivity contribution is 0.659. The molecule has 0 aromatic heterocycles. The van der Waals surface area contributed by atoms with Gasteiger partial charge in [-0.3, -0.25) is 0 Å². The van der Waals surface area contributed by atoms with Crippen LogP contribution in [0, 0.1) is 0 Å². The highest BCUT2D eigenvalue weighted by Gasteiger charge is 1.89. The molecule has 0 heterocycles. The SMILES string of the molecule is CCCCCCCSCCS. The van der Waals surface area contributed by atoms with Crippen molar-refractivity contribution in [2.75, 3.05) is 17.3 Å². The second-order valence-corrected chi connectivity index (χ2v) is 4.42. The smallest absolute Gasteiger partial charge is 0.00210 e. The van der Waals surface area contributed by atoms with Crippen molar-refractivity contribution in [1.29, 1.82) is 0 Å². The Labute approximate surface area is 80.9 Å². The summed E-state index contributed by atoms with van der Waals surface area (Å²) in [7, 11) is 0. The van der Waals surface area contributed by atoms with E-state index < -0.39 is 0 Å². The lowest BCUT2D eigenvalue weighted by Crippen LogP contribution is -1.85. The van der Waals surface area contributed by atoms with Gasteiger partial charge in [-0.25, -0.2) is 0 Å². The van der Waals surface area contributed by atoms with Gasteiger partial charge in [0.15, 0.2) is 0 Å². The minimum Gasteiger partial charge on any atom is -0.179 e. The van der Waals surface area contributed by atoms with Crippen LogP contribution >= 0.6 is 24.4 Å². The number of hydrogen-bond acceptors (Lipinski definition) is 2. The van der Waals surface area contributed by atoms with E-state index >= 15 is 0 Å². The van der Waals surface area contributed by atoms with Crippen LogP contribution in [-0.4, -0.2) is 17.3 Å². The zero-order valence-corrected chi connectivity index (χ0v) is 9.22. The third-order valence-electron chi connectivity index (χ3n) is 1.63. The van der Waals surface area contributed by atoms with Gasteiger partial charge in [0.2, 0.25) is 0 Å². The minimum atomic E-state index is 1.03. The maximum atomic E-state index is 4.16. The van der Waals surface area contributed by atoms with Crippen LogP contribution in [0.15, 0.2) is 0 Å². The fourth-order valence-corrected chi connectivity index (χ4v) is 2.10. The Morgan fingerprint density at radius 1 is 1.00 bits per heavy atom. The standard InChI is InChI=1S/C9H20S2/c1-2-3-4-5-6-8-11-9-7-10/h10H,2-9H2,1H3. The first-order valence-electron chi connectivity index (χ1n) is 4.60. The molecular formula is C9H20S2. The monoisotopic (exact) mass is 192 g/mol. The maximum absolute atomic E-state index is 4.16. The molecule has 0 bridgehead atoms. The summed E-state index contributed by atoms with van der Waals surface area (Å²) in [6.45, 7) is 2.26. The molecule has 0 aromatic carbocycles. The Kier molecular flexibility index (Phi) is 11.4. The van der Waals surface area contributed by atoms with Crippen molar-refractivity contribution in [2.24, 2.45) is 0 Å². The van der Waals surface area contributed by atoms with Crippen molar-refractivity contribution >= 4 is 24.4 Å². The Hall–Kier alpha value is 0.700. The van der Waals surface area contributed by atoms with Gasteiger partial charge in [0.1, 0.15) is 0 Å². The largest absolute Gasteiger partial charge is 0.179 e. The molecule has 0 spiro atoms. The fourth-order valence-electron chi connectivity index (χ4n) is 0.974. The summed E-state index contributed by atoms with van der Waals surface area (Å²) < 4.78 is 0. The van der Waals surface area contributed by atoms with Gasteiger partial charge in [-0.1, -0.05) is 32.6 Å². The average Bonchev–Trinajstić information content (AvgIpc) is 2.03. The highest BCUT2D eigenvalue weighted by atomic mass is 32.2. The molecule has 68 valence electrons. The van der Waals surface area contributed by atoms with E-state index in [9.17, 15) is 0 Å². The Bertz CT molecular complexity index is 56.6. The molecular weight excluding hydrogens is 172 g/mol. The molecule has 0 rings (SSSR count). The summed E-state index contributed by atoms with van der Waals surface area (Å²) in [6.07, 6.45) is 7.02. The molecule has 0 atom stereocenters. The van der Waals surface area contributed by atoms with Crippen molar-refractivity contribution in [3.63, 3.8) is 0 Å². The Morgan fingerprint density at radius 2 is 1.73 bits per heavy atom. The quantitative estimate of drug-likeness (QED) is 0.453. The van der Waals surface area contributed by atoms with E-state index in [1.54, 1.807) is 0 Å². The maximum Gasteiger partial charge on any atom is 0.00210 e. The summed E-state index contributed by atoms with van der Waals surface area (Å²) in [6, 6.07) is 0. The summed E-state index contributed by atoms with van der Waals surface area (Å²) in [5, 5.41) is 0. The van der Waals surface area contributed by atoms with Crippen LogP contribution in [0.1, 0.15) is 39.0 Å². The molecule has 0 radical (unpaired) electrons. The van der Waals surface area contributed by atoms with Gasteiger partial charge < -0.3 is 0 Å². The Morgan fingerprint density at radius 3 is 2.36 bits per heavy atom. The van der Waals surface area contributed by atoms with Gasteiger partial charge in [0.05, 0.1) is 0 Å². The number of thioether (sulfide) groups is 1. The highest BCUT2D eigenvalue weighted by molar-refractivity contribution is 7.99. The van der Waals surface area contributed by atoms with E-state index in [4.69, 9.17) is 0 Å². The van der Waals surface area contributed by atoms with Crippen LogP contribution in [0.25, 0.3) is 0 Å². The highest BCUT2D eigenvalue weighted by Crippen LogP contribution is 2.08. The molecule has 0 amide bonds. The van der Waals surface area contributed by atoms with Gasteiger partial charge in [0, 0.05) is 5.75 Å². The van der Waals surface area contributed by atoms with E-state index in [-0.39, 0.29) is 0 Å². The zero-order chi connectivity index (χ0) is 8.36. The van der Waals surface area contributed by atoms with E-state index in [2.05, 4.69) is 19.6 Å². The predicted molar refractivity (Wildman–Crippen MR) is 59.9 cm³/mol. The van der Waals surface area contributed by atoms with Crippen molar-refractivity contribution in [3.8, 4) is 0 Å². The number of rotatable bonds is 8. The average molecular weight is 192 g/mol. The molecule has 2 heteroatoms. The molecule has 11 heavy (non-hydrogen) atoms. The summed E-state index contributed by atoms with van der Waals surface area (Å²) >= 11 is 6.19. The van der Waals surface area contributed by atoms with Crippen LogP contribution in [0.4, 0.5) is 0 Å². The first-order valence-corrected chi connectivity index (χ1v) is 6.39. The molecule has 0 aliphatic rings. The minimum absolute atomic E-state index is 1.03. The summed E-state index contributed by atoms with van der Waals surface area (Å²) in [4.78, 5) is 0. The third-order valence-corrected chi connectivity index (χ3v) is 3.22. The van der Waals surface area contributed by atoms with Gasteiger partial charge in [-0.15, -0.1) is 0 Å². The molecule has 0 saturated carbocycles. The zero-order valence-electron chi connectivity index (χ0n) is 7.51. The van der Waals surface area contributed by atoms with E-state index in [0.29, 0.717) is 0 Å². The van der Waals surface area contributed by atoms with Gasteiger partial charge in [-0.2, -0.15) is 24.4 Å². The normalized spacial score (nSPS) is 10.4. The number of hydrogen-bond donors (Lipinski definition) is 1. The molecule has 0 aliphatic carbocycles. The van der Waals surface area contributed by atoms with Gasteiger partial charge >= 0.3 is 0 Å². The summed E-state index contributed by atoms with van der Waals surface area (Å²) in [5.41, 5.74) is 0. The Balaban J connectivity index is 2.69. The first kappa shape index (κ1) is 11.7. The molecule has 0 aliphatic heterocycles. The van der Waals surface area contributed by atoms with E-state index in [0.717, 1.165) is 5.75 Å². The number of thiol groups is 1. The van der Waals surface area contributed by atoms with Crippen molar-refractivity contribution in [3.05, 3.63) is 0 Å². The van der Waals surface area contributed by atoms with Crippen molar-refractivity contribution in [2.45, 2.75) is 39.0 Å². The molecule has 0 fully saturated rings. The summed E-state index contributed by atoms with van der Waals surface area (Å²) in [5.74, 6) is 3.58. The number of unbranched alkanes of at least 4 members (excludes halogenated alkanes) is 4. The lowest BCUT2D eigenvalue weighted by Gasteiger charge is -1.98. The molecule has 0 unspecified atom stereocenters. The van der Waals surface area contributed by atoms with Crippen LogP contribution in [-0.2, 0) is 0 Å². The van der Waals surface area contributed by atoms with Crippen molar-refractivity contribution < 1.29 is 0 Å². The second kappa shape index (κ2) is 10.7. The predicted octanol–water partition coefficient (Wildman–Crippen LogP) is 3.62.